The van der Waals surface area contributed by atoms with Gasteiger partial charge in [0.1, 0.15) is 5.15 Å². The van der Waals surface area contributed by atoms with Gasteiger partial charge in [0, 0.05) is 23.8 Å². The molecule has 2 aromatic heterocycles. The summed E-state index contributed by atoms with van der Waals surface area (Å²) >= 11 is 12.0. The molecule has 3 aromatic rings. The van der Waals surface area contributed by atoms with E-state index < -0.39 is 0 Å². The van der Waals surface area contributed by atoms with E-state index in [2.05, 4.69) is 11.9 Å². The van der Waals surface area contributed by atoms with Gasteiger partial charge in [-0.3, -0.25) is 9.20 Å². The summed E-state index contributed by atoms with van der Waals surface area (Å²) in [5, 5.41) is 0.897. The Hall–Kier alpha value is -1.78. The fourth-order valence-corrected chi connectivity index (χ4v) is 2.95. The molecular weight excluding hydrogens is 333 g/mol. The van der Waals surface area contributed by atoms with Crippen molar-refractivity contribution < 1.29 is 0 Å². The van der Waals surface area contributed by atoms with Gasteiger partial charge in [0.25, 0.3) is 5.56 Å². The lowest BCUT2D eigenvalue weighted by Gasteiger charge is -2.09. The van der Waals surface area contributed by atoms with Crippen LogP contribution in [0.1, 0.15) is 26.2 Å². The predicted octanol–water partition coefficient (Wildman–Crippen LogP) is 4.66. The lowest BCUT2D eigenvalue weighted by Crippen LogP contribution is -2.13. The Morgan fingerprint density at radius 2 is 1.87 bits per heavy atom. The number of fused-ring (bicyclic) bond motifs is 1. The number of nitrogens with zero attached hydrogens (tertiary/aromatic N) is 3. The first kappa shape index (κ1) is 16.1. The first-order valence-electron chi connectivity index (χ1n) is 7.64. The van der Waals surface area contributed by atoms with Crippen molar-refractivity contribution in [2.45, 2.75) is 32.7 Å². The zero-order chi connectivity index (χ0) is 16.4. The summed E-state index contributed by atoms with van der Waals surface area (Å²) in [7, 11) is 0. The average molecular weight is 350 g/mol. The summed E-state index contributed by atoms with van der Waals surface area (Å²) in [5.41, 5.74) is 1.75. The highest BCUT2D eigenvalue weighted by Gasteiger charge is 2.14. The van der Waals surface area contributed by atoms with E-state index >= 15 is 0 Å². The Labute approximate surface area is 144 Å². The zero-order valence-corrected chi connectivity index (χ0v) is 14.3. The molecule has 2 heterocycles. The van der Waals surface area contributed by atoms with Crippen LogP contribution in [0.4, 0.5) is 0 Å². The van der Waals surface area contributed by atoms with Gasteiger partial charge in [-0.2, -0.15) is 0 Å². The van der Waals surface area contributed by atoms with E-state index in [1.54, 1.807) is 4.40 Å². The molecule has 0 unspecified atom stereocenters. The molecule has 0 bridgehead atoms. The lowest BCUT2D eigenvalue weighted by molar-refractivity contribution is 0.613. The van der Waals surface area contributed by atoms with Gasteiger partial charge in [-0.05, 0) is 24.1 Å². The molecule has 0 fully saturated rings. The van der Waals surface area contributed by atoms with Crippen molar-refractivity contribution in [1.82, 2.24) is 14.0 Å². The van der Waals surface area contributed by atoms with Crippen LogP contribution in [0.15, 0.2) is 41.3 Å². The molecule has 3 rings (SSSR count). The second-order valence-electron chi connectivity index (χ2n) is 5.47. The van der Waals surface area contributed by atoms with E-state index in [0.717, 1.165) is 37.1 Å². The summed E-state index contributed by atoms with van der Waals surface area (Å²) in [6.07, 6.45) is 5.08. The number of aromatic nitrogens is 3. The largest absolute Gasteiger partial charge is 0.310 e. The van der Waals surface area contributed by atoms with Crippen molar-refractivity contribution in [3.8, 4) is 11.3 Å². The van der Waals surface area contributed by atoms with Gasteiger partial charge in [-0.15, -0.1) is 0 Å². The van der Waals surface area contributed by atoms with Crippen molar-refractivity contribution in [3.05, 3.63) is 57.1 Å². The fourth-order valence-electron chi connectivity index (χ4n) is 2.65. The van der Waals surface area contributed by atoms with E-state index in [1.807, 2.05) is 35.0 Å². The third kappa shape index (κ3) is 3.28. The molecule has 0 aliphatic rings. The van der Waals surface area contributed by atoms with Gasteiger partial charge in [-0.1, -0.05) is 55.1 Å². The highest BCUT2D eigenvalue weighted by Crippen LogP contribution is 2.24. The molecule has 23 heavy (non-hydrogen) atoms. The van der Waals surface area contributed by atoms with Crippen LogP contribution in [0, 0.1) is 0 Å². The zero-order valence-electron chi connectivity index (χ0n) is 12.8. The summed E-state index contributed by atoms with van der Waals surface area (Å²) in [4.78, 5) is 16.5. The minimum absolute atomic E-state index is 0.176. The summed E-state index contributed by atoms with van der Waals surface area (Å²) in [5.74, 6) is 0.573. The molecule has 1 aromatic carbocycles. The second kappa shape index (κ2) is 6.77. The molecule has 0 spiro atoms. The topological polar surface area (TPSA) is 39.3 Å². The highest BCUT2D eigenvalue weighted by atomic mass is 35.5. The van der Waals surface area contributed by atoms with Crippen LogP contribution in [0.2, 0.25) is 10.2 Å². The molecule has 0 N–H and O–H groups in total. The van der Waals surface area contributed by atoms with Crippen molar-refractivity contribution in [1.29, 1.82) is 0 Å². The number of imidazole rings is 1. The Bertz CT molecular complexity index is 881. The second-order valence-corrected chi connectivity index (χ2v) is 6.29. The minimum Gasteiger partial charge on any atom is -0.310 e. The molecule has 0 atom stereocenters. The molecule has 0 amide bonds. The number of benzene rings is 1. The number of hydrogen-bond donors (Lipinski definition) is 0. The summed E-state index contributed by atoms with van der Waals surface area (Å²) in [6, 6.07) is 8.90. The SMILES string of the molecule is CCCCCn1c(-c2ccc(Cl)cc2)cn2c(=O)cc(Cl)nc12. The normalized spacial score (nSPS) is 11.3. The Morgan fingerprint density at radius 1 is 1.13 bits per heavy atom. The summed E-state index contributed by atoms with van der Waals surface area (Å²) < 4.78 is 3.59. The van der Waals surface area contributed by atoms with Crippen LogP contribution < -0.4 is 5.56 Å². The van der Waals surface area contributed by atoms with Gasteiger partial charge in [0.05, 0.1) is 5.69 Å². The highest BCUT2D eigenvalue weighted by molar-refractivity contribution is 6.30. The molecule has 120 valence electrons. The molecule has 0 aliphatic carbocycles. The maximum absolute atomic E-state index is 12.2. The molecule has 0 saturated carbocycles. The van der Waals surface area contributed by atoms with Crippen molar-refractivity contribution in [2.75, 3.05) is 0 Å². The maximum atomic E-state index is 12.2. The van der Waals surface area contributed by atoms with Crippen molar-refractivity contribution in [3.63, 3.8) is 0 Å². The first-order chi connectivity index (χ1) is 11.1. The number of rotatable bonds is 5. The van der Waals surface area contributed by atoms with E-state index in [0.29, 0.717) is 10.8 Å². The van der Waals surface area contributed by atoms with Crippen LogP contribution in [-0.4, -0.2) is 14.0 Å². The predicted molar refractivity (Wildman–Crippen MR) is 94.4 cm³/mol. The van der Waals surface area contributed by atoms with Crippen LogP contribution in [0.25, 0.3) is 17.0 Å². The number of aryl methyl sites for hydroxylation is 1. The minimum atomic E-state index is -0.176. The standard InChI is InChI=1S/C17H17Cl2N3O/c1-2-3-4-9-21-14(12-5-7-13(18)8-6-12)11-22-16(23)10-15(19)20-17(21)22/h5-8,10-11H,2-4,9H2,1H3. The molecule has 0 aliphatic heterocycles. The van der Waals surface area contributed by atoms with Gasteiger partial charge < -0.3 is 4.57 Å². The van der Waals surface area contributed by atoms with Crippen LogP contribution in [0.5, 0.6) is 0 Å². The number of hydrogen-bond acceptors (Lipinski definition) is 2. The van der Waals surface area contributed by atoms with E-state index in [9.17, 15) is 4.79 Å². The third-order valence-corrected chi connectivity index (χ3v) is 4.26. The molecule has 4 nitrogen and oxygen atoms in total. The van der Waals surface area contributed by atoms with E-state index in [1.165, 1.54) is 6.07 Å². The summed E-state index contributed by atoms with van der Waals surface area (Å²) in [6.45, 7) is 2.95. The van der Waals surface area contributed by atoms with E-state index in [-0.39, 0.29) is 10.7 Å². The third-order valence-electron chi connectivity index (χ3n) is 3.81. The Balaban J connectivity index is 2.18. The number of unbranched alkanes of at least 4 members (excludes halogenated alkanes) is 2. The monoisotopic (exact) mass is 349 g/mol. The lowest BCUT2D eigenvalue weighted by atomic mass is 10.1. The molecule has 0 radical (unpaired) electrons. The van der Waals surface area contributed by atoms with Gasteiger partial charge in [0.2, 0.25) is 5.78 Å². The molecular formula is C17H17Cl2N3O. The average Bonchev–Trinajstić information content (AvgIpc) is 2.87. The molecule has 6 heteroatoms. The van der Waals surface area contributed by atoms with Crippen LogP contribution in [-0.2, 0) is 6.54 Å². The van der Waals surface area contributed by atoms with Crippen molar-refractivity contribution in [2.24, 2.45) is 0 Å². The van der Waals surface area contributed by atoms with Crippen LogP contribution >= 0.6 is 23.2 Å². The van der Waals surface area contributed by atoms with Gasteiger partial charge in [0.15, 0.2) is 0 Å². The Kier molecular flexibility index (Phi) is 4.74. The first-order valence-corrected chi connectivity index (χ1v) is 8.40. The smallest absolute Gasteiger partial charge is 0.260 e. The van der Waals surface area contributed by atoms with E-state index in [4.69, 9.17) is 23.2 Å². The molecule has 0 saturated heterocycles. The van der Waals surface area contributed by atoms with Gasteiger partial charge >= 0.3 is 0 Å². The Morgan fingerprint density at radius 3 is 2.57 bits per heavy atom. The fraction of sp³-hybridized carbons (Fsp3) is 0.294. The maximum Gasteiger partial charge on any atom is 0.260 e. The van der Waals surface area contributed by atoms with Gasteiger partial charge in [-0.25, -0.2) is 4.98 Å². The quantitative estimate of drug-likeness (QED) is 0.496. The van der Waals surface area contributed by atoms with Crippen LogP contribution in [0.3, 0.4) is 0 Å². The number of halogens is 2. The van der Waals surface area contributed by atoms with Crippen molar-refractivity contribution >= 4 is 29.0 Å².